The molecule has 1 atom stereocenters. The van der Waals surface area contributed by atoms with Crippen LogP contribution in [0.25, 0.3) is 0 Å². The molecule has 8 heteroatoms. The highest BCUT2D eigenvalue weighted by atomic mass is 19.1. The maximum absolute atomic E-state index is 13.6. The van der Waals surface area contributed by atoms with Crippen LogP contribution in [-0.4, -0.2) is 47.5 Å². The minimum absolute atomic E-state index is 0.113. The number of hydrogen-bond acceptors (Lipinski definition) is 4. The third kappa shape index (κ3) is 6.73. The molecule has 0 spiro atoms. The molecule has 1 aromatic heterocycles. The standard InChI is InChI=1S/C28H32FN3O4/c1-20-6-3-9-26(21(20)2)30-28(34)32(18-25-8-5-15-36-25)19-27(33)31(17-24-7-4-14-35-24)16-22-10-12-23(29)13-11-22/h3-4,6-7,9-14,25H,5,8,15-19H2,1-2H3,(H,30,34). The van der Waals surface area contributed by atoms with E-state index in [4.69, 9.17) is 9.15 Å². The molecule has 4 rings (SSSR count). The third-order valence-corrected chi connectivity index (χ3v) is 6.47. The largest absolute Gasteiger partial charge is 0.467 e. The Morgan fingerprint density at radius 3 is 2.53 bits per heavy atom. The second-order valence-electron chi connectivity index (χ2n) is 9.15. The number of rotatable bonds is 9. The van der Waals surface area contributed by atoms with Gasteiger partial charge in [-0.05, 0) is 73.7 Å². The van der Waals surface area contributed by atoms with Crippen molar-refractivity contribution < 1.29 is 23.1 Å². The van der Waals surface area contributed by atoms with Crippen molar-refractivity contribution in [3.63, 3.8) is 0 Å². The number of halogens is 1. The molecule has 36 heavy (non-hydrogen) atoms. The van der Waals surface area contributed by atoms with Gasteiger partial charge in [0.25, 0.3) is 0 Å². The van der Waals surface area contributed by atoms with Crippen LogP contribution >= 0.6 is 0 Å². The highest BCUT2D eigenvalue weighted by molar-refractivity contribution is 5.93. The Kier molecular flexibility index (Phi) is 8.38. The van der Waals surface area contributed by atoms with Crippen LogP contribution in [0, 0.1) is 19.7 Å². The maximum Gasteiger partial charge on any atom is 0.322 e. The molecule has 2 heterocycles. The number of aryl methyl sites for hydroxylation is 1. The summed E-state index contributed by atoms with van der Waals surface area (Å²) < 4.78 is 24.6. The number of nitrogens with one attached hydrogen (secondary N) is 1. The zero-order valence-corrected chi connectivity index (χ0v) is 20.7. The Labute approximate surface area is 210 Å². The molecule has 0 aliphatic carbocycles. The van der Waals surface area contributed by atoms with Crippen LogP contribution < -0.4 is 5.32 Å². The van der Waals surface area contributed by atoms with Crippen molar-refractivity contribution in [1.29, 1.82) is 0 Å². The average molecular weight is 494 g/mol. The van der Waals surface area contributed by atoms with E-state index in [0.29, 0.717) is 24.6 Å². The van der Waals surface area contributed by atoms with Crippen molar-refractivity contribution in [2.75, 3.05) is 25.0 Å². The Morgan fingerprint density at radius 2 is 1.83 bits per heavy atom. The highest BCUT2D eigenvalue weighted by Gasteiger charge is 2.27. The van der Waals surface area contributed by atoms with Crippen LogP contribution in [0.4, 0.5) is 14.9 Å². The lowest BCUT2D eigenvalue weighted by molar-refractivity contribution is -0.133. The van der Waals surface area contributed by atoms with Gasteiger partial charge in [-0.1, -0.05) is 24.3 Å². The van der Waals surface area contributed by atoms with Crippen LogP contribution in [0.2, 0.25) is 0 Å². The molecule has 1 aliphatic rings. The highest BCUT2D eigenvalue weighted by Crippen LogP contribution is 2.20. The molecular weight excluding hydrogens is 461 g/mol. The zero-order valence-electron chi connectivity index (χ0n) is 20.7. The second kappa shape index (κ2) is 11.9. The summed E-state index contributed by atoms with van der Waals surface area (Å²) in [5, 5.41) is 2.97. The van der Waals surface area contributed by atoms with Gasteiger partial charge in [-0.2, -0.15) is 0 Å². The van der Waals surface area contributed by atoms with E-state index in [1.165, 1.54) is 17.0 Å². The quantitative estimate of drug-likeness (QED) is 0.440. The molecule has 1 unspecified atom stereocenters. The summed E-state index contributed by atoms with van der Waals surface area (Å²) in [6, 6.07) is 15.0. The molecular formula is C28H32FN3O4. The summed E-state index contributed by atoms with van der Waals surface area (Å²) >= 11 is 0. The van der Waals surface area contributed by atoms with Crippen LogP contribution in [0.3, 0.4) is 0 Å². The van der Waals surface area contributed by atoms with Gasteiger partial charge >= 0.3 is 6.03 Å². The number of amides is 3. The minimum atomic E-state index is -0.354. The third-order valence-electron chi connectivity index (χ3n) is 6.47. The molecule has 1 fully saturated rings. The molecule has 2 aromatic carbocycles. The number of furan rings is 1. The number of carbonyl (C=O) groups is 2. The van der Waals surface area contributed by atoms with E-state index in [0.717, 1.165) is 29.5 Å². The van der Waals surface area contributed by atoms with Crippen molar-refractivity contribution in [1.82, 2.24) is 9.80 Å². The SMILES string of the molecule is Cc1cccc(NC(=O)N(CC(=O)N(Cc2ccc(F)cc2)Cc2ccco2)CC2CCCO2)c1C. The van der Waals surface area contributed by atoms with Gasteiger partial charge in [-0.3, -0.25) is 4.79 Å². The fourth-order valence-corrected chi connectivity index (χ4v) is 4.23. The predicted octanol–water partition coefficient (Wildman–Crippen LogP) is 5.28. The maximum atomic E-state index is 13.6. The van der Waals surface area contributed by atoms with Gasteiger partial charge in [-0.25, -0.2) is 9.18 Å². The monoisotopic (exact) mass is 493 g/mol. The number of hydrogen-bond donors (Lipinski definition) is 1. The number of anilines is 1. The number of benzene rings is 2. The summed E-state index contributed by atoms with van der Waals surface area (Å²) in [5.41, 5.74) is 3.54. The molecule has 3 aromatic rings. The first-order chi connectivity index (χ1) is 17.4. The van der Waals surface area contributed by atoms with E-state index >= 15 is 0 Å². The molecule has 0 radical (unpaired) electrons. The van der Waals surface area contributed by atoms with Gasteiger partial charge in [0.1, 0.15) is 18.1 Å². The molecule has 1 N–H and O–H groups in total. The van der Waals surface area contributed by atoms with Crippen LogP contribution in [0.15, 0.2) is 65.3 Å². The smallest absolute Gasteiger partial charge is 0.322 e. The first kappa shape index (κ1) is 25.4. The van der Waals surface area contributed by atoms with Gasteiger partial charge < -0.3 is 24.3 Å². The number of ether oxygens (including phenoxy) is 1. The molecule has 3 amide bonds. The van der Waals surface area contributed by atoms with Crippen LogP contribution in [-0.2, 0) is 22.6 Å². The van der Waals surface area contributed by atoms with E-state index in [1.807, 2.05) is 32.0 Å². The normalized spacial score (nSPS) is 15.0. The fraction of sp³-hybridized carbons (Fsp3) is 0.357. The molecule has 190 valence electrons. The summed E-state index contributed by atoms with van der Waals surface area (Å²) in [6.45, 7) is 5.27. The Morgan fingerprint density at radius 1 is 1.03 bits per heavy atom. The van der Waals surface area contributed by atoms with Crippen LogP contribution in [0.1, 0.15) is 35.3 Å². The number of nitrogens with zero attached hydrogens (tertiary/aromatic N) is 2. The van der Waals surface area contributed by atoms with E-state index in [9.17, 15) is 14.0 Å². The fourth-order valence-electron chi connectivity index (χ4n) is 4.23. The number of urea groups is 1. The first-order valence-corrected chi connectivity index (χ1v) is 12.2. The molecule has 0 bridgehead atoms. The Hall–Kier alpha value is -3.65. The predicted molar refractivity (Wildman–Crippen MR) is 135 cm³/mol. The van der Waals surface area contributed by atoms with Gasteiger partial charge in [0.05, 0.1) is 18.9 Å². The number of carbonyl (C=O) groups excluding carboxylic acids is 2. The first-order valence-electron chi connectivity index (χ1n) is 12.2. The van der Waals surface area contributed by atoms with Crippen LogP contribution in [0.5, 0.6) is 0 Å². The lowest BCUT2D eigenvalue weighted by Crippen LogP contribution is -2.47. The van der Waals surface area contributed by atoms with Gasteiger partial charge in [0, 0.05) is 25.4 Å². The topological polar surface area (TPSA) is 75.0 Å². The average Bonchev–Trinajstić information content (AvgIpc) is 3.57. The lowest BCUT2D eigenvalue weighted by atomic mass is 10.1. The van der Waals surface area contributed by atoms with Crippen molar-refractivity contribution in [2.45, 2.75) is 45.9 Å². The molecule has 1 aliphatic heterocycles. The van der Waals surface area contributed by atoms with E-state index < -0.39 is 0 Å². The van der Waals surface area contributed by atoms with E-state index in [2.05, 4.69) is 5.32 Å². The Balaban J connectivity index is 1.52. The van der Waals surface area contributed by atoms with Crippen molar-refractivity contribution in [3.8, 4) is 0 Å². The lowest BCUT2D eigenvalue weighted by Gasteiger charge is -2.29. The zero-order chi connectivity index (χ0) is 25.5. The summed E-state index contributed by atoms with van der Waals surface area (Å²) in [4.78, 5) is 30.0. The van der Waals surface area contributed by atoms with Crippen molar-refractivity contribution in [3.05, 3.63) is 89.1 Å². The van der Waals surface area contributed by atoms with Crippen molar-refractivity contribution in [2.24, 2.45) is 0 Å². The summed E-state index contributed by atoms with van der Waals surface area (Å²) in [6.07, 6.45) is 3.21. The van der Waals surface area contributed by atoms with Gasteiger partial charge in [0.15, 0.2) is 0 Å². The van der Waals surface area contributed by atoms with E-state index in [1.54, 1.807) is 35.4 Å². The Bertz CT molecular complexity index is 1160. The van der Waals surface area contributed by atoms with Gasteiger partial charge in [-0.15, -0.1) is 0 Å². The van der Waals surface area contributed by atoms with Crippen molar-refractivity contribution >= 4 is 17.6 Å². The summed E-state index contributed by atoms with van der Waals surface area (Å²) in [5.74, 6) is 0.0364. The molecule has 1 saturated heterocycles. The molecule has 7 nitrogen and oxygen atoms in total. The van der Waals surface area contributed by atoms with Gasteiger partial charge in [0.2, 0.25) is 5.91 Å². The second-order valence-corrected chi connectivity index (χ2v) is 9.15. The minimum Gasteiger partial charge on any atom is -0.467 e. The van der Waals surface area contributed by atoms with E-state index in [-0.39, 0.29) is 43.5 Å². The molecule has 0 saturated carbocycles. The summed E-state index contributed by atoms with van der Waals surface area (Å²) in [7, 11) is 0.